The smallest absolute Gasteiger partial charge is 0.0478 e. The Morgan fingerprint density at radius 2 is 2.12 bits per heavy atom. The molecule has 0 bridgehead atoms. The van der Waals surface area contributed by atoms with Crippen molar-refractivity contribution in [2.75, 3.05) is 45.9 Å². The van der Waals surface area contributed by atoms with Crippen molar-refractivity contribution in [2.24, 2.45) is 0 Å². The Balaban J connectivity index is 1.56. The van der Waals surface area contributed by atoms with Crippen LogP contribution in [0.1, 0.15) is 32.6 Å². The van der Waals surface area contributed by atoms with Gasteiger partial charge in [-0.2, -0.15) is 0 Å². The van der Waals surface area contributed by atoms with Crippen molar-refractivity contribution in [3.05, 3.63) is 0 Å². The van der Waals surface area contributed by atoms with Crippen LogP contribution in [0.15, 0.2) is 0 Å². The van der Waals surface area contributed by atoms with Gasteiger partial charge in [-0.3, -0.25) is 4.90 Å². The van der Waals surface area contributed by atoms with Crippen LogP contribution in [0.25, 0.3) is 0 Å². The molecule has 0 N–H and O–H groups in total. The Morgan fingerprint density at radius 1 is 1.19 bits per heavy atom. The highest BCUT2D eigenvalue weighted by atomic mass is 16.5. The zero-order valence-electron chi connectivity index (χ0n) is 10.7. The van der Waals surface area contributed by atoms with Crippen molar-refractivity contribution in [3.63, 3.8) is 0 Å². The minimum Gasteiger partial charge on any atom is -0.381 e. The molecule has 2 heterocycles. The van der Waals surface area contributed by atoms with E-state index in [1.807, 2.05) is 0 Å². The summed E-state index contributed by atoms with van der Waals surface area (Å²) in [5.41, 5.74) is 0. The number of piperazine rings is 1. The molecule has 2 fully saturated rings. The van der Waals surface area contributed by atoms with E-state index >= 15 is 0 Å². The minimum absolute atomic E-state index is 0.866. The molecule has 0 radical (unpaired) electrons. The SMILES string of the molecule is CCCOCCCN1CCN2CCCC2C1. The van der Waals surface area contributed by atoms with Crippen molar-refractivity contribution in [1.29, 1.82) is 0 Å². The molecule has 0 aromatic rings. The van der Waals surface area contributed by atoms with Gasteiger partial charge in [-0.25, -0.2) is 0 Å². The second-order valence-electron chi connectivity index (χ2n) is 5.10. The van der Waals surface area contributed by atoms with E-state index in [1.54, 1.807) is 0 Å². The lowest BCUT2D eigenvalue weighted by atomic mass is 10.1. The third kappa shape index (κ3) is 3.44. The molecule has 2 aliphatic rings. The van der Waals surface area contributed by atoms with Gasteiger partial charge < -0.3 is 9.64 Å². The summed E-state index contributed by atoms with van der Waals surface area (Å²) in [6, 6.07) is 0.866. The van der Waals surface area contributed by atoms with E-state index in [0.29, 0.717) is 0 Å². The maximum absolute atomic E-state index is 5.52. The van der Waals surface area contributed by atoms with E-state index in [2.05, 4.69) is 16.7 Å². The van der Waals surface area contributed by atoms with Crippen molar-refractivity contribution in [2.45, 2.75) is 38.6 Å². The van der Waals surface area contributed by atoms with E-state index < -0.39 is 0 Å². The van der Waals surface area contributed by atoms with Crippen molar-refractivity contribution < 1.29 is 4.74 Å². The lowest BCUT2D eigenvalue weighted by Gasteiger charge is -2.37. The van der Waals surface area contributed by atoms with Crippen molar-refractivity contribution in [3.8, 4) is 0 Å². The zero-order valence-corrected chi connectivity index (χ0v) is 10.7. The maximum Gasteiger partial charge on any atom is 0.0478 e. The largest absolute Gasteiger partial charge is 0.381 e. The van der Waals surface area contributed by atoms with Crippen LogP contribution in [0.2, 0.25) is 0 Å². The lowest BCUT2D eigenvalue weighted by molar-refractivity contribution is 0.0840. The molecule has 1 atom stereocenters. The van der Waals surface area contributed by atoms with Gasteiger partial charge in [0.25, 0.3) is 0 Å². The highest BCUT2D eigenvalue weighted by molar-refractivity contribution is 4.86. The van der Waals surface area contributed by atoms with Gasteiger partial charge in [0, 0.05) is 45.4 Å². The van der Waals surface area contributed by atoms with Crippen LogP contribution in [0, 0.1) is 0 Å². The molecule has 16 heavy (non-hydrogen) atoms. The third-order valence-corrected chi connectivity index (χ3v) is 3.78. The van der Waals surface area contributed by atoms with Gasteiger partial charge in [-0.05, 0) is 32.2 Å². The molecule has 3 nitrogen and oxygen atoms in total. The zero-order chi connectivity index (χ0) is 11.2. The van der Waals surface area contributed by atoms with Gasteiger partial charge in [0.2, 0.25) is 0 Å². The average Bonchev–Trinajstić information content (AvgIpc) is 2.76. The molecule has 2 aliphatic heterocycles. The van der Waals surface area contributed by atoms with E-state index in [1.165, 1.54) is 52.0 Å². The summed E-state index contributed by atoms with van der Waals surface area (Å²) in [5, 5.41) is 0. The molecule has 1 unspecified atom stereocenters. The van der Waals surface area contributed by atoms with Crippen LogP contribution in [-0.4, -0.2) is 61.8 Å². The molecule has 94 valence electrons. The predicted molar refractivity (Wildman–Crippen MR) is 66.8 cm³/mol. The lowest BCUT2D eigenvalue weighted by Crippen LogP contribution is -2.50. The molecule has 0 aliphatic carbocycles. The van der Waals surface area contributed by atoms with Gasteiger partial charge >= 0.3 is 0 Å². The molecule has 0 aromatic carbocycles. The monoisotopic (exact) mass is 226 g/mol. The molecule has 2 saturated heterocycles. The first-order chi connectivity index (χ1) is 7.90. The second-order valence-corrected chi connectivity index (χ2v) is 5.10. The average molecular weight is 226 g/mol. The van der Waals surface area contributed by atoms with E-state index in [-0.39, 0.29) is 0 Å². The number of rotatable bonds is 6. The van der Waals surface area contributed by atoms with Gasteiger partial charge in [0.1, 0.15) is 0 Å². The standard InChI is InChI=1S/C13H26N2O/c1-2-10-16-11-4-6-14-8-9-15-7-3-5-13(15)12-14/h13H,2-12H2,1H3. The first kappa shape index (κ1) is 12.3. The quantitative estimate of drug-likeness (QED) is 0.640. The van der Waals surface area contributed by atoms with Crippen molar-refractivity contribution >= 4 is 0 Å². The van der Waals surface area contributed by atoms with Crippen LogP contribution in [0.4, 0.5) is 0 Å². The fourth-order valence-corrected chi connectivity index (χ4v) is 2.90. The summed E-state index contributed by atoms with van der Waals surface area (Å²) in [7, 11) is 0. The van der Waals surface area contributed by atoms with Crippen LogP contribution in [0.5, 0.6) is 0 Å². The normalized spacial score (nSPS) is 27.2. The molecule has 2 rings (SSSR count). The fraction of sp³-hybridized carbons (Fsp3) is 1.00. The first-order valence-corrected chi connectivity index (χ1v) is 6.94. The Kier molecular flexibility index (Phi) is 5.07. The number of fused-ring (bicyclic) bond motifs is 1. The molecule has 0 aromatic heterocycles. The van der Waals surface area contributed by atoms with Gasteiger partial charge in [-0.15, -0.1) is 0 Å². The minimum atomic E-state index is 0.866. The number of hydrogen-bond donors (Lipinski definition) is 0. The highest BCUT2D eigenvalue weighted by Gasteiger charge is 2.29. The molecular formula is C13H26N2O. The summed E-state index contributed by atoms with van der Waals surface area (Å²) >= 11 is 0. The molecule has 0 spiro atoms. The second kappa shape index (κ2) is 6.58. The Hall–Kier alpha value is -0.120. The van der Waals surface area contributed by atoms with Crippen LogP contribution in [0.3, 0.4) is 0 Å². The predicted octanol–water partition coefficient (Wildman–Crippen LogP) is 1.58. The number of ether oxygens (including phenoxy) is 1. The van der Waals surface area contributed by atoms with Gasteiger partial charge in [0.15, 0.2) is 0 Å². The van der Waals surface area contributed by atoms with Gasteiger partial charge in [-0.1, -0.05) is 6.92 Å². The van der Waals surface area contributed by atoms with Crippen LogP contribution in [-0.2, 0) is 4.74 Å². The van der Waals surface area contributed by atoms with E-state index in [9.17, 15) is 0 Å². The Bertz CT molecular complexity index is 198. The first-order valence-electron chi connectivity index (χ1n) is 6.94. The highest BCUT2D eigenvalue weighted by Crippen LogP contribution is 2.21. The van der Waals surface area contributed by atoms with Crippen LogP contribution >= 0.6 is 0 Å². The summed E-state index contributed by atoms with van der Waals surface area (Å²) in [4.78, 5) is 5.30. The maximum atomic E-state index is 5.52. The van der Waals surface area contributed by atoms with Crippen molar-refractivity contribution in [1.82, 2.24) is 9.80 Å². The number of hydrogen-bond acceptors (Lipinski definition) is 3. The Labute approximate surface area is 99.7 Å². The third-order valence-electron chi connectivity index (χ3n) is 3.78. The summed E-state index contributed by atoms with van der Waals surface area (Å²) in [6.45, 7) is 10.5. The number of nitrogens with zero attached hydrogens (tertiary/aromatic N) is 2. The van der Waals surface area contributed by atoms with E-state index in [4.69, 9.17) is 4.74 Å². The molecule has 0 saturated carbocycles. The topological polar surface area (TPSA) is 15.7 Å². The van der Waals surface area contributed by atoms with Gasteiger partial charge in [0.05, 0.1) is 0 Å². The summed E-state index contributed by atoms with van der Waals surface area (Å²) < 4.78 is 5.52. The van der Waals surface area contributed by atoms with Crippen LogP contribution < -0.4 is 0 Å². The molecular weight excluding hydrogens is 200 g/mol. The Morgan fingerprint density at radius 3 is 3.00 bits per heavy atom. The molecule has 0 amide bonds. The molecule has 3 heteroatoms. The summed E-state index contributed by atoms with van der Waals surface area (Å²) in [5.74, 6) is 0. The fourth-order valence-electron chi connectivity index (χ4n) is 2.90. The van der Waals surface area contributed by atoms with E-state index in [0.717, 1.165) is 25.7 Å². The summed E-state index contributed by atoms with van der Waals surface area (Å²) in [6.07, 6.45) is 5.18.